The van der Waals surface area contributed by atoms with Gasteiger partial charge in [-0.05, 0) is 42.1 Å². The quantitative estimate of drug-likeness (QED) is 0.929. The second kappa shape index (κ2) is 6.03. The number of amides is 1. The number of thiophene rings is 1. The molecule has 0 aliphatic carbocycles. The second-order valence-electron chi connectivity index (χ2n) is 3.89. The molecule has 1 heterocycles. The summed E-state index contributed by atoms with van der Waals surface area (Å²) in [5.41, 5.74) is 2.35. The van der Waals surface area contributed by atoms with Crippen molar-refractivity contribution in [3.8, 4) is 11.8 Å². The van der Waals surface area contributed by atoms with Gasteiger partial charge in [0, 0.05) is 11.1 Å². The summed E-state index contributed by atoms with van der Waals surface area (Å²) >= 11 is 1.51. The number of ether oxygens (including phenoxy) is 1. The van der Waals surface area contributed by atoms with Gasteiger partial charge in [0.15, 0.2) is 6.61 Å². The van der Waals surface area contributed by atoms with E-state index < -0.39 is 0 Å². The van der Waals surface area contributed by atoms with Crippen LogP contribution in [0.4, 0.5) is 5.69 Å². The third-order valence-corrected chi connectivity index (χ3v) is 3.38. The minimum atomic E-state index is -0.121. The normalized spacial score (nSPS) is 9.68. The number of hydrogen-bond donors (Lipinski definition) is 1. The number of rotatable bonds is 4. The van der Waals surface area contributed by atoms with E-state index >= 15 is 0 Å². The van der Waals surface area contributed by atoms with E-state index in [-0.39, 0.29) is 12.5 Å². The second-order valence-corrected chi connectivity index (χ2v) is 4.64. The van der Waals surface area contributed by atoms with Crippen molar-refractivity contribution in [3.05, 3.63) is 46.2 Å². The number of aryl methyl sites for hydroxylation is 1. The van der Waals surface area contributed by atoms with Crippen LogP contribution in [0.2, 0.25) is 0 Å². The first-order chi connectivity index (χ1) is 9.20. The molecule has 4 nitrogen and oxygen atoms in total. The molecule has 1 N–H and O–H groups in total. The van der Waals surface area contributed by atoms with Crippen LogP contribution in [0, 0.1) is 18.3 Å². The number of hydrogen-bond acceptors (Lipinski definition) is 4. The van der Waals surface area contributed by atoms with Crippen molar-refractivity contribution in [3.63, 3.8) is 0 Å². The molecule has 0 saturated heterocycles. The Labute approximate surface area is 115 Å². The Kier molecular flexibility index (Phi) is 4.16. The Morgan fingerprint density at radius 3 is 2.68 bits per heavy atom. The van der Waals surface area contributed by atoms with Gasteiger partial charge in [-0.15, -0.1) is 0 Å². The average Bonchev–Trinajstić information content (AvgIpc) is 2.84. The summed E-state index contributed by atoms with van der Waals surface area (Å²) in [6.45, 7) is 1.92. The molecule has 0 radical (unpaired) electrons. The lowest BCUT2D eigenvalue weighted by Crippen LogP contribution is -2.11. The minimum Gasteiger partial charge on any atom is -0.479 e. The molecular formula is C14H12N2O2S. The number of anilines is 1. The van der Waals surface area contributed by atoms with Gasteiger partial charge >= 0.3 is 0 Å². The van der Waals surface area contributed by atoms with Crippen molar-refractivity contribution < 1.29 is 9.53 Å². The summed E-state index contributed by atoms with van der Waals surface area (Å²) < 4.78 is 5.13. The van der Waals surface area contributed by atoms with Gasteiger partial charge in [0.1, 0.15) is 11.8 Å². The van der Waals surface area contributed by atoms with Crippen LogP contribution in [0.1, 0.15) is 15.9 Å². The predicted octanol–water partition coefficient (Wildman–Crippen LogP) is 3.21. The number of carbonyl (C=O) groups is 1. The summed E-state index contributed by atoms with van der Waals surface area (Å²) in [5.74, 6) is 0.482. The lowest BCUT2D eigenvalue weighted by atomic mass is 10.2. The number of nitrogens with one attached hydrogen (secondary N) is 1. The molecule has 0 unspecified atom stereocenters. The first kappa shape index (κ1) is 13.1. The molecule has 2 rings (SSSR count). The van der Waals surface area contributed by atoms with Crippen LogP contribution in [-0.4, -0.2) is 12.5 Å². The first-order valence-corrected chi connectivity index (χ1v) is 6.59. The summed E-state index contributed by atoms with van der Waals surface area (Å²) in [6.07, 6.45) is 0. The third-order valence-electron chi connectivity index (χ3n) is 2.52. The monoisotopic (exact) mass is 272 g/mol. The Hall–Kier alpha value is -2.32. The molecule has 0 aliphatic rings. The molecule has 19 heavy (non-hydrogen) atoms. The van der Waals surface area contributed by atoms with Crippen LogP contribution < -0.4 is 10.1 Å². The molecule has 0 aliphatic heterocycles. The van der Waals surface area contributed by atoms with Gasteiger partial charge in [-0.2, -0.15) is 16.6 Å². The number of nitriles is 1. The highest BCUT2D eigenvalue weighted by molar-refractivity contribution is 7.08. The number of carbonyl (C=O) groups excluding carboxylic acids is 1. The number of benzene rings is 1. The van der Waals surface area contributed by atoms with Crippen molar-refractivity contribution in [1.82, 2.24) is 0 Å². The molecule has 1 aromatic heterocycles. The Bertz CT molecular complexity index is 611. The van der Waals surface area contributed by atoms with Gasteiger partial charge in [-0.25, -0.2) is 0 Å². The summed E-state index contributed by atoms with van der Waals surface area (Å²) in [7, 11) is 0. The fourth-order valence-electron chi connectivity index (χ4n) is 1.54. The first-order valence-electron chi connectivity index (χ1n) is 5.64. The zero-order chi connectivity index (χ0) is 13.7. The topological polar surface area (TPSA) is 62.1 Å². The van der Waals surface area contributed by atoms with E-state index in [1.807, 2.05) is 23.8 Å². The van der Waals surface area contributed by atoms with Crippen LogP contribution >= 0.6 is 11.3 Å². The largest absolute Gasteiger partial charge is 0.479 e. The van der Waals surface area contributed by atoms with E-state index in [0.717, 1.165) is 5.56 Å². The van der Waals surface area contributed by atoms with Crippen molar-refractivity contribution in [2.45, 2.75) is 6.92 Å². The van der Waals surface area contributed by atoms with Crippen LogP contribution in [-0.2, 0) is 0 Å². The lowest BCUT2D eigenvalue weighted by molar-refractivity contribution is 0.102. The van der Waals surface area contributed by atoms with Crippen LogP contribution in [0.3, 0.4) is 0 Å². The summed E-state index contributed by atoms with van der Waals surface area (Å²) in [4.78, 5) is 12.0. The highest BCUT2D eigenvalue weighted by atomic mass is 32.1. The highest BCUT2D eigenvalue weighted by Gasteiger charge is 2.09. The van der Waals surface area contributed by atoms with E-state index in [2.05, 4.69) is 5.32 Å². The maximum Gasteiger partial charge on any atom is 0.256 e. The van der Waals surface area contributed by atoms with E-state index in [0.29, 0.717) is 17.0 Å². The van der Waals surface area contributed by atoms with E-state index in [4.69, 9.17) is 10.00 Å². The molecule has 0 fully saturated rings. The zero-order valence-corrected chi connectivity index (χ0v) is 11.2. The van der Waals surface area contributed by atoms with E-state index in [9.17, 15) is 4.79 Å². The smallest absolute Gasteiger partial charge is 0.256 e. The fraction of sp³-hybridized carbons (Fsp3) is 0.143. The third kappa shape index (κ3) is 3.33. The molecular weight excluding hydrogens is 260 g/mol. The van der Waals surface area contributed by atoms with Gasteiger partial charge in [0.2, 0.25) is 0 Å². The molecule has 1 amide bonds. The van der Waals surface area contributed by atoms with Gasteiger partial charge in [0.25, 0.3) is 5.91 Å². The van der Waals surface area contributed by atoms with Gasteiger partial charge in [-0.3, -0.25) is 4.79 Å². The van der Waals surface area contributed by atoms with Crippen molar-refractivity contribution >= 4 is 22.9 Å². The molecule has 0 spiro atoms. The lowest BCUT2D eigenvalue weighted by Gasteiger charge is -2.06. The fourth-order valence-corrected chi connectivity index (χ4v) is 2.37. The number of nitrogens with zero attached hydrogens (tertiary/aromatic N) is 1. The van der Waals surface area contributed by atoms with Gasteiger partial charge in [0.05, 0.1) is 5.56 Å². The minimum absolute atomic E-state index is 0.0137. The van der Waals surface area contributed by atoms with Gasteiger partial charge in [-0.1, -0.05) is 0 Å². The van der Waals surface area contributed by atoms with Crippen molar-refractivity contribution in [1.29, 1.82) is 5.26 Å². The van der Waals surface area contributed by atoms with Crippen molar-refractivity contribution in [2.24, 2.45) is 0 Å². The molecule has 1 aromatic carbocycles. The van der Waals surface area contributed by atoms with E-state index in [1.54, 1.807) is 24.3 Å². The molecule has 5 heteroatoms. The predicted molar refractivity (Wildman–Crippen MR) is 74.6 cm³/mol. The maximum absolute atomic E-state index is 12.0. The zero-order valence-electron chi connectivity index (χ0n) is 10.3. The summed E-state index contributed by atoms with van der Waals surface area (Å²) in [6, 6.07) is 8.81. The maximum atomic E-state index is 12.0. The SMILES string of the molecule is Cc1cscc1C(=O)Nc1ccc(OCC#N)cc1. The van der Waals surface area contributed by atoms with Crippen LogP contribution in [0.25, 0.3) is 0 Å². The van der Waals surface area contributed by atoms with Gasteiger partial charge < -0.3 is 10.1 Å². The Balaban J connectivity index is 2.02. The molecule has 96 valence electrons. The molecule has 0 bridgehead atoms. The average molecular weight is 272 g/mol. The summed E-state index contributed by atoms with van der Waals surface area (Å²) in [5, 5.41) is 15.0. The van der Waals surface area contributed by atoms with Crippen molar-refractivity contribution in [2.75, 3.05) is 11.9 Å². The van der Waals surface area contributed by atoms with E-state index in [1.165, 1.54) is 11.3 Å². The van der Waals surface area contributed by atoms with Crippen LogP contribution in [0.15, 0.2) is 35.0 Å². The van der Waals surface area contributed by atoms with Crippen LogP contribution in [0.5, 0.6) is 5.75 Å². The molecule has 0 atom stereocenters. The Morgan fingerprint density at radius 2 is 2.11 bits per heavy atom. The Morgan fingerprint density at radius 1 is 1.37 bits per heavy atom. The standard InChI is InChI=1S/C14H12N2O2S/c1-10-8-19-9-13(10)14(17)16-11-2-4-12(5-3-11)18-7-6-15/h2-5,8-9H,7H2,1H3,(H,16,17). The highest BCUT2D eigenvalue weighted by Crippen LogP contribution is 2.18. The molecule has 0 saturated carbocycles. The molecule has 2 aromatic rings.